The Labute approximate surface area is 173 Å². The Bertz CT molecular complexity index is 1200. The molecular weight excluding hydrogens is 418 g/mol. The second-order valence-corrected chi connectivity index (χ2v) is 6.47. The van der Waals surface area contributed by atoms with Gasteiger partial charge in [0.1, 0.15) is 11.6 Å². The molecule has 0 amide bonds. The Kier molecular flexibility index (Phi) is 5.67. The van der Waals surface area contributed by atoms with Gasteiger partial charge in [0.15, 0.2) is 23.1 Å². The third-order valence-electron chi connectivity index (χ3n) is 4.50. The van der Waals surface area contributed by atoms with Crippen molar-refractivity contribution in [3.05, 3.63) is 72.1 Å². The lowest BCUT2D eigenvalue weighted by Crippen LogP contribution is -2.17. The van der Waals surface area contributed by atoms with Crippen LogP contribution in [-0.4, -0.2) is 37.9 Å². The van der Waals surface area contributed by atoms with E-state index in [9.17, 15) is 22.7 Å². The van der Waals surface area contributed by atoms with Crippen molar-refractivity contribution in [3.63, 3.8) is 0 Å². The number of anilines is 1. The van der Waals surface area contributed by atoms with Crippen molar-refractivity contribution in [1.82, 2.24) is 19.6 Å². The van der Waals surface area contributed by atoms with Gasteiger partial charge in [0.2, 0.25) is 0 Å². The lowest BCUT2D eigenvalue weighted by Gasteiger charge is -2.19. The molecule has 0 aliphatic carbocycles. The van der Waals surface area contributed by atoms with Gasteiger partial charge >= 0.3 is 6.61 Å². The molecule has 4 aromatic rings. The van der Waals surface area contributed by atoms with Gasteiger partial charge in [-0.25, -0.2) is 8.78 Å². The smallest absolute Gasteiger partial charge is 0.387 e. The van der Waals surface area contributed by atoms with Gasteiger partial charge in [-0.1, -0.05) is 6.07 Å². The van der Waals surface area contributed by atoms with E-state index in [0.29, 0.717) is 28.4 Å². The number of halogens is 4. The van der Waals surface area contributed by atoms with Crippen LogP contribution in [0.3, 0.4) is 0 Å². The third kappa shape index (κ3) is 4.26. The molecule has 31 heavy (non-hydrogen) atoms. The molecular formula is C20H15F4N5O2. The monoisotopic (exact) mass is 433 g/mol. The molecule has 2 aromatic carbocycles. The summed E-state index contributed by atoms with van der Waals surface area (Å²) in [5.41, 5.74) is 1.24. The number of hydrogen-bond acceptors (Lipinski definition) is 6. The molecule has 0 spiro atoms. The van der Waals surface area contributed by atoms with Gasteiger partial charge in [-0.05, 0) is 42.0 Å². The van der Waals surface area contributed by atoms with Crippen LogP contribution in [0.1, 0.15) is 11.6 Å². The normalized spacial score (nSPS) is 12.3. The Morgan fingerprint density at radius 2 is 1.77 bits per heavy atom. The summed E-state index contributed by atoms with van der Waals surface area (Å²) in [4.78, 5) is 4.07. The fourth-order valence-electron chi connectivity index (χ4n) is 3.07. The Morgan fingerprint density at radius 1 is 1.00 bits per heavy atom. The van der Waals surface area contributed by atoms with Gasteiger partial charge in [0.25, 0.3) is 0 Å². The topological polar surface area (TPSA) is 84.6 Å². The highest BCUT2D eigenvalue weighted by Crippen LogP contribution is 2.27. The number of rotatable bonds is 7. The minimum atomic E-state index is -2.94. The van der Waals surface area contributed by atoms with Gasteiger partial charge in [0, 0.05) is 5.56 Å². The molecule has 1 atom stereocenters. The largest absolute Gasteiger partial charge is 0.435 e. The molecule has 11 heteroatoms. The lowest BCUT2D eigenvalue weighted by atomic mass is 10.1. The van der Waals surface area contributed by atoms with E-state index in [-0.39, 0.29) is 5.75 Å². The van der Waals surface area contributed by atoms with Crippen LogP contribution in [0.15, 0.2) is 54.9 Å². The zero-order valence-electron chi connectivity index (χ0n) is 15.7. The number of benzene rings is 2. The van der Waals surface area contributed by atoms with Gasteiger partial charge in [-0.3, -0.25) is 9.38 Å². The second kappa shape index (κ2) is 8.56. The van der Waals surface area contributed by atoms with Crippen LogP contribution in [0.25, 0.3) is 17.0 Å². The Balaban J connectivity index is 1.70. The molecule has 2 N–H and O–H groups in total. The van der Waals surface area contributed by atoms with E-state index >= 15 is 0 Å². The van der Waals surface area contributed by atoms with Gasteiger partial charge in [-0.2, -0.15) is 8.78 Å². The summed E-state index contributed by atoms with van der Waals surface area (Å²) in [7, 11) is 0. The van der Waals surface area contributed by atoms with Crippen LogP contribution >= 0.6 is 0 Å². The van der Waals surface area contributed by atoms with Crippen molar-refractivity contribution >= 4 is 11.5 Å². The summed E-state index contributed by atoms with van der Waals surface area (Å²) >= 11 is 0. The average molecular weight is 433 g/mol. The van der Waals surface area contributed by atoms with E-state index in [2.05, 4.69) is 25.2 Å². The number of alkyl halides is 2. The number of aliphatic hydroxyl groups excluding tert-OH is 1. The third-order valence-corrected chi connectivity index (χ3v) is 4.50. The first-order chi connectivity index (χ1) is 15.0. The molecule has 0 saturated heterocycles. The fourth-order valence-corrected chi connectivity index (χ4v) is 3.07. The fraction of sp³-hybridized carbons (Fsp3) is 0.150. The zero-order chi connectivity index (χ0) is 22.0. The average Bonchev–Trinajstić information content (AvgIpc) is 3.19. The first-order valence-corrected chi connectivity index (χ1v) is 9.03. The zero-order valence-corrected chi connectivity index (χ0v) is 15.7. The van der Waals surface area contributed by atoms with Crippen LogP contribution in [0.2, 0.25) is 0 Å². The van der Waals surface area contributed by atoms with E-state index < -0.39 is 30.9 Å². The van der Waals surface area contributed by atoms with E-state index in [1.54, 1.807) is 4.40 Å². The highest BCUT2D eigenvalue weighted by atomic mass is 19.3. The molecule has 7 nitrogen and oxygen atoms in total. The highest BCUT2D eigenvalue weighted by molar-refractivity contribution is 5.63. The molecule has 0 bridgehead atoms. The highest BCUT2D eigenvalue weighted by Gasteiger charge is 2.18. The van der Waals surface area contributed by atoms with Crippen molar-refractivity contribution in [2.45, 2.75) is 12.7 Å². The maximum Gasteiger partial charge on any atom is 0.387 e. The quantitative estimate of drug-likeness (QED) is 0.431. The number of aliphatic hydroxyl groups is 1. The summed E-state index contributed by atoms with van der Waals surface area (Å²) in [5.74, 6) is -1.30. The molecule has 160 valence electrons. The predicted octanol–water partition coefficient (Wildman–Crippen LogP) is 3.82. The molecule has 0 fully saturated rings. The maximum absolute atomic E-state index is 13.6. The first-order valence-electron chi connectivity index (χ1n) is 9.03. The number of ether oxygens (including phenoxy) is 1. The van der Waals surface area contributed by atoms with Crippen molar-refractivity contribution in [2.24, 2.45) is 0 Å². The molecule has 2 heterocycles. The number of fused-ring (bicyclic) bond motifs is 1. The second-order valence-electron chi connectivity index (χ2n) is 6.47. The van der Waals surface area contributed by atoms with Crippen LogP contribution < -0.4 is 10.1 Å². The molecule has 0 saturated carbocycles. The first kappa shape index (κ1) is 20.5. The number of nitrogens with zero attached hydrogens (tertiary/aromatic N) is 4. The van der Waals surface area contributed by atoms with Crippen molar-refractivity contribution in [1.29, 1.82) is 0 Å². The van der Waals surface area contributed by atoms with Gasteiger partial charge < -0.3 is 15.2 Å². The number of nitrogens with one attached hydrogen (secondary N) is 1. The lowest BCUT2D eigenvalue weighted by molar-refractivity contribution is -0.0498. The van der Waals surface area contributed by atoms with E-state index in [1.807, 2.05) is 0 Å². The van der Waals surface area contributed by atoms with Gasteiger partial charge in [-0.15, -0.1) is 10.2 Å². The summed E-state index contributed by atoms with van der Waals surface area (Å²) in [5, 5.41) is 21.0. The predicted molar refractivity (Wildman–Crippen MR) is 103 cm³/mol. The Hall–Kier alpha value is -3.73. The molecule has 0 unspecified atom stereocenters. The SMILES string of the molecule is OC[C@H](Nc1cncc2nnc(-c3ccc(OC(F)F)cc3)n12)c1ccc(F)c(F)c1. The summed E-state index contributed by atoms with van der Waals surface area (Å²) in [6.07, 6.45) is 2.91. The minimum Gasteiger partial charge on any atom is -0.435 e. The van der Waals surface area contributed by atoms with E-state index in [4.69, 9.17) is 0 Å². The summed E-state index contributed by atoms with van der Waals surface area (Å²) < 4.78 is 57.6. The van der Waals surface area contributed by atoms with E-state index in [1.165, 1.54) is 42.7 Å². The van der Waals surface area contributed by atoms with Crippen LogP contribution in [0.5, 0.6) is 5.75 Å². The molecule has 4 rings (SSSR count). The summed E-state index contributed by atoms with van der Waals surface area (Å²) in [6, 6.07) is 8.36. The van der Waals surface area contributed by atoms with Gasteiger partial charge in [0.05, 0.1) is 25.0 Å². The van der Waals surface area contributed by atoms with E-state index in [0.717, 1.165) is 12.1 Å². The molecule has 0 aliphatic heterocycles. The maximum atomic E-state index is 13.6. The molecule has 2 aromatic heterocycles. The van der Waals surface area contributed by atoms with Crippen LogP contribution in [0, 0.1) is 11.6 Å². The Morgan fingerprint density at radius 3 is 2.45 bits per heavy atom. The number of aromatic nitrogens is 4. The summed E-state index contributed by atoms with van der Waals surface area (Å²) in [6.45, 7) is -3.35. The minimum absolute atomic E-state index is 0.00809. The van der Waals surface area contributed by atoms with Crippen LogP contribution in [-0.2, 0) is 0 Å². The molecule has 0 aliphatic rings. The standard InChI is InChI=1S/C20H15F4N5O2/c21-14-6-3-12(7-15(14)22)16(10-30)26-17-8-25-9-18-27-28-19(29(17)18)11-1-4-13(5-2-11)31-20(23)24/h1-9,16,20,26,30H,10H2/t16-/m0/s1. The number of hydrogen-bond donors (Lipinski definition) is 2. The molecule has 0 radical (unpaired) electrons. The van der Waals surface area contributed by atoms with Crippen molar-refractivity contribution < 1.29 is 27.4 Å². The van der Waals surface area contributed by atoms with Crippen molar-refractivity contribution in [2.75, 3.05) is 11.9 Å². The van der Waals surface area contributed by atoms with Crippen LogP contribution in [0.4, 0.5) is 23.4 Å². The van der Waals surface area contributed by atoms with Crippen molar-refractivity contribution in [3.8, 4) is 17.1 Å².